The van der Waals surface area contributed by atoms with Crippen LogP contribution in [0, 0.1) is 12.8 Å². The molecule has 0 aliphatic carbocycles. The summed E-state index contributed by atoms with van der Waals surface area (Å²) in [4.78, 5) is 32.1. The summed E-state index contributed by atoms with van der Waals surface area (Å²) < 4.78 is 11.1. The third-order valence-corrected chi connectivity index (χ3v) is 6.16. The van der Waals surface area contributed by atoms with E-state index in [4.69, 9.17) is 9.47 Å². The predicted molar refractivity (Wildman–Crippen MR) is 138 cm³/mol. The Labute approximate surface area is 215 Å². The van der Waals surface area contributed by atoms with Crippen LogP contribution in [0.1, 0.15) is 42.1 Å². The van der Waals surface area contributed by atoms with Crippen LogP contribution in [-0.4, -0.2) is 45.5 Å². The van der Waals surface area contributed by atoms with E-state index in [-0.39, 0.29) is 29.4 Å². The first kappa shape index (κ1) is 25.8. The standard InChI is InChI=1S/C29H30N2O6/c1-17(2)16-37-23-10-8-21(12-18(23)3)27(33)25-26(20-7-9-22(32)24(13-20)36-4)31(29(35)28(25)34)15-19-6-5-11-30-14-19/h5-14,17,26,32-33H,15-16H2,1-4H3/b27-25+. The summed E-state index contributed by atoms with van der Waals surface area (Å²) in [6.07, 6.45) is 3.24. The van der Waals surface area contributed by atoms with E-state index in [2.05, 4.69) is 18.8 Å². The minimum atomic E-state index is -0.910. The van der Waals surface area contributed by atoms with Gasteiger partial charge in [-0.2, -0.15) is 0 Å². The quantitative estimate of drug-likeness (QED) is 0.260. The Balaban J connectivity index is 1.82. The molecule has 37 heavy (non-hydrogen) atoms. The van der Waals surface area contributed by atoms with Gasteiger partial charge in [0.2, 0.25) is 0 Å². The lowest BCUT2D eigenvalue weighted by Gasteiger charge is -2.26. The van der Waals surface area contributed by atoms with Crippen LogP contribution in [0.15, 0.2) is 66.5 Å². The molecule has 1 unspecified atom stereocenters. The zero-order chi connectivity index (χ0) is 26.7. The van der Waals surface area contributed by atoms with Gasteiger partial charge in [-0.05, 0) is 65.9 Å². The Morgan fingerprint density at radius 2 is 1.89 bits per heavy atom. The smallest absolute Gasteiger partial charge is 0.295 e. The number of aliphatic hydroxyl groups excluding tert-OH is 1. The van der Waals surface area contributed by atoms with Crippen molar-refractivity contribution in [2.24, 2.45) is 5.92 Å². The van der Waals surface area contributed by atoms with Crippen molar-refractivity contribution < 1.29 is 29.3 Å². The number of hydrogen-bond acceptors (Lipinski definition) is 7. The molecule has 0 spiro atoms. The number of aliphatic hydroxyl groups is 1. The molecule has 1 amide bonds. The highest BCUT2D eigenvalue weighted by Gasteiger charge is 2.46. The largest absolute Gasteiger partial charge is 0.507 e. The average Bonchev–Trinajstić information content (AvgIpc) is 3.13. The number of likely N-dealkylation sites (tertiary alicyclic amines) is 1. The van der Waals surface area contributed by atoms with Gasteiger partial charge < -0.3 is 24.6 Å². The number of rotatable bonds is 8. The van der Waals surface area contributed by atoms with Gasteiger partial charge in [-0.3, -0.25) is 14.6 Å². The number of carbonyl (C=O) groups is 2. The second-order valence-electron chi connectivity index (χ2n) is 9.40. The monoisotopic (exact) mass is 502 g/mol. The number of amides is 1. The predicted octanol–water partition coefficient (Wildman–Crippen LogP) is 4.76. The summed E-state index contributed by atoms with van der Waals surface area (Å²) in [5.41, 5.74) is 2.37. The van der Waals surface area contributed by atoms with Crippen LogP contribution in [0.5, 0.6) is 17.2 Å². The summed E-state index contributed by atoms with van der Waals surface area (Å²) >= 11 is 0. The maximum absolute atomic E-state index is 13.3. The van der Waals surface area contributed by atoms with Crippen molar-refractivity contribution in [3.63, 3.8) is 0 Å². The van der Waals surface area contributed by atoms with Gasteiger partial charge >= 0.3 is 0 Å². The van der Waals surface area contributed by atoms with Gasteiger partial charge in [-0.25, -0.2) is 0 Å². The molecule has 8 nitrogen and oxygen atoms in total. The van der Waals surface area contributed by atoms with Crippen molar-refractivity contribution in [2.75, 3.05) is 13.7 Å². The zero-order valence-corrected chi connectivity index (χ0v) is 21.3. The van der Waals surface area contributed by atoms with E-state index < -0.39 is 17.7 Å². The normalized spacial score (nSPS) is 16.9. The van der Waals surface area contributed by atoms with E-state index in [1.54, 1.807) is 54.9 Å². The van der Waals surface area contributed by atoms with Gasteiger partial charge in [0.25, 0.3) is 11.7 Å². The number of Topliss-reactive ketones (excluding diaryl/α,β-unsaturated/α-hetero) is 1. The lowest BCUT2D eigenvalue weighted by Crippen LogP contribution is -2.29. The van der Waals surface area contributed by atoms with Gasteiger partial charge in [0, 0.05) is 24.5 Å². The van der Waals surface area contributed by atoms with Crippen molar-refractivity contribution >= 4 is 17.4 Å². The first-order valence-electron chi connectivity index (χ1n) is 12.0. The highest BCUT2D eigenvalue weighted by Crippen LogP contribution is 2.42. The highest BCUT2D eigenvalue weighted by molar-refractivity contribution is 6.46. The van der Waals surface area contributed by atoms with Crippen LogP contribution < -0.4 is 9.47 Å². The second-order valence-corrected chi connectivity index (χ2v) is 9.40. The summed E-state index contributed by atoms with van der Waals surface area (Å²) in [6.45, 7) is 6.62. The average molecular weight is 503 g/mol. The number of aryl methyl sites for hydroxylation is 1. The van der Waals surface area contributed by atoms with Crippen molar-refractivity contribution in [2.45, 2.75) is 33.4 Å². The van der Waals surface area contributed by atoms with E-state index in [0.29, 0.717) is 29.4 Å². The summed E-state index contributed by atoms with van der Waals surface area (Å²) in [5.74, 6) is -0.683. The molecule has 1 fully saturated rings. The van der Waals surface area contributed by atoms with Crippen molar-refractivity contribution in [1.82, 2.24) is 9.88 Å². The van der Waals surface area contributed by atoms with E-state index in [1.165, 1.54) is 18.1 Å². The molecule has 0 radical (unpaired) electrons. The van der Waals surface area contributed by atoms with Gasteiger partial charge in [0.05, 0.1) is 25.3 Å². The fraction of sp³-hybridized carbons (Fsp3) is 0.276. The van der Waals surface area contributed by atoms with Crippen molar-refractivity contribution in [3.05, 3.63) is 88.8 Å². The van der Waals surface area contributed by atoms with Crippen LogP contribution in [0.25, 0.3) is 5.76 Å². The maximum Gasteiger partial charge on any atom is 0.295 e. The zero-order valence-electron chi connectivity index (χ0n) is 21.3. The van der Waals surface area contributed by atoms with E-state index in [0.717, 1.165) is 11.1 Å². The third-order valence-electron chi connectivity index (χ3n) is 6.16. The molecular formula is C29H30N2O6. The number of phenols is 1. The molecule has 1 atom stereocenters. The van der Waals surface area contributed by atoms with Crippen molar-refractivity contribution in [1.29, 1.82) is 0 Å². The van der Waals surface area contributed by atoms with Crippen LogP contribution >= 0.6 is 0 Å². The molecule has 1 aromatic heterocycles. The topological polar surface area (TPSA) is 109 Å². The Kier molecular flexibility index (Phi) is 7.47. The lowest BCUT2D eigenvalue weighted by atomic mass is 9.94. The molecule has 8 heteroatoms. The molecule has 0 saturated carbocycles. The molecule has 1 aliphatic heterocycles. The molecule has 4 rings (SSSR count). The minimum Gasteiger partial charge on any atom is -0.507 e. The molecule has 1 saturated heterocycles. The molecule has 0 bridgehead atoms. The number of phenolic OH excluding ortho intramolecular Hbond substituents is 1. The second kappa shape index (κ2) is 10.7. The van der Waals surface area contributed by atoms with Gasteiger partial charge in [-0.15, -0.1) is 0 Å². The molecule has 3 aromatic rings. The Morgan fingerprint density at radius 3 is 2.54 bits per heavy atom. The number of nitrogens with zero attached hydrogens (tertiary/aromatic N) is 2. The van der Waals surface area contributed by atoms with E-state index in [1.807, 2.05) is 6.92 Å². The first-order valence-corrected chi connectivity index (χ1v) is 12.0. The summed E-state index contributed by atoms with van der Waals surface area (Å²) in [5, 5.41) is 21.5. The number of aromatic nitrogens is 1. The van der Waals surface area contributed by atoms with Gasteiger partial charge in [-0.1, -0.05) is 26.0 Å². The van der Waals surface area contributed by atoms with E-state index >= 15 is 0 Å². The van der Waals surface area contributed by atoms with E-state index in [9.17, 15) is 19.8 Å². The SMILES string of the molecule is COc1cc(C2/C(=C(\O)c3ccc(OCC(C)C)c(C)c3)C(=O)C(=O)N2Cc2cccnc2)ccc1O. The van der Waals surface area contributed by atoms with Gasteiger partial charge in [0.15, 0.2) is 11.5 Å². The third kappa shape index (κ3) is 5.28. The Hall–Kier alpha value is -4.33. The molecule has 2 aromatic carbocycles. The fourth-order valence-corrected chi connectivity index (χ4v) is 4.31. The van der Waals surface area contributed by atoms with Crippen molar-refractivity contribution in [3.8, 4) is 17.2 Å². The van der Waals surface area contributed by atoms with Crippen LogP contribution in [0.3, 0.4) is 0 Å². The number of ketones is 1. The Bertz CT molecular complexity index is 1350. The minimum absolute atomic E-state index is 0.0446. The van der Waals surface area contributed by atoms with Crippen LogP contribution in [-0.2, 0) is 16.1 Å². The number of ether oxygens (including phenoxy) is 2. The molecular weight excluding hydrogens is 472 g/mol. The van der Waals surface area contributed by atoms with Crippen LogP contribution in [0.4, 0.5) is 0 Å². The molecule has 1 aliphatic rings. The Morgan fingerprint density at radius 1 is 1.11 bits per heavy atom. The number of carbonyl (C=O) groups excluding carboxylic acids is 2. The van der Waals surface area contributed by atoms with Crippen LogP contribution in [0.2, 0.25) is 0 Å². The maximum atomic E-state index is 13.3. The lowest BCUT2D eigenvalue weighted by molar-refractivity contribution is -0.140. The summed E-state index contributed by atoms with van der Waals surface area (Å²) in [7, 11) is 1.41. The fourth-order valence-electron chi connectivity index (χ4n) is 4.31. The first-order chi connectivity index (χ1) is 17.7. The number of aromatic hydroxyl groups is 1. The molecule has 192 valence electrons. The number of benzene rings is 2. The number of pyridine rings is 1. The number of methoxy groups -OCH3 is 1. The van der Waals surface area contributed by atoms with Gasteiger partial charge in [0.1, 0.15) is 11.5 Å². The molecule has 2 heterocycles. The number of hydrogen-bond donors (Lipinski definition) is 2. The molecule has 2 N–H and O–H groups in total. The summed E-state index contributed by atoms with van der Waals surface area (Å²) in [6, 6.07) is 12.4. The highest BCUT2D eigenvalue weighted by atomic mass is 16.5.